The van der Waals surface area contributed by atoms with E-state index in [4.69, 9.17) is 4.74 Å². The van der Waals surface area contributed by atoms with Crippen molar-refractivity contribution in [2.24, 2.45) is 0 Å². The van der Waals surface area contributed by atoms with Crippen LogP contribution < -0.4 is 10.6 Å². The zero-order chi connectivity index (χ0) is 25.9. The zero-order valence-corrected chi connectivity index (χ0v) is 21.0. The number of aliphatic hydroxyl groups is 1. The van der Waals surface area contributed by atoms with Gasteiger partial charge in [0.2, 0.25) is 5.95 Å². The molecule has 4 rings (SSSR count). The molecule has 1 saturated heterocycles. The van der Waals surface area contributed by atoms with E-state index >= 15 is 0 Å². The number of aliphatic hydroxyl groups excluding tert-OH is 1. The van der Waals surface area contributed by atoms with Crippen molar-refractivity contribution in [1.82, 2.24) is 20.2 Å². The summed E-state index contributed by atoms with van der Waals surface area (Å²) in [7, 11) is 0. The Morgan fingerprint density at radius 2 is 1.86 bits per heavy atom. The van der Waals surface area contributed by atoms with Crippen molar-refractivity contribution in [1.29, 1.82) is 0 Å². The third-order valence-corrected chi connectivity index (χ3v) is 6.36. The minimum absolute atomic E-state index is 0.0413. The van der Waals surface area contributed by atoms with Crippen LogP contribution in [-0.4, -0.2) is 68.9 Å². The van der Waals surface area contributed by atoms with Crippen molar-refractivity contribution in [2.45, 2.75) is 76.7 Å². The van der Waals surface area contributed by atoms with E-state index in [1.54, 1.807) is 29.2 Å². The number of carbonyl (C=O) groups is 2. The van der Waals surface area contributed by atoms with Crippen molar-refractivity contribution in [3.63, 3.8) is 0 Å². The number of carbonyl (C=O) groups excluding carboxylic acids is 2. The van der Waals surface area contributed by atoms with Crippen LogP contribution in [0.4, 0.5) is 15.1 Å². The number of rotatable bonds is 5. The SMILES string of the molecule is CC(C)(C)OC(=O)NC1CCC(Nc2ncc(F)c(-c3cccc(C(=O)N4CC[C@H](O)C4)c3)n2)CC1. The maximum absolute atomic E-state index is 14.7. The molecule has 1 aliphatic heterocycles. The predicted molar refractivity (Wildman–Crippen MR) is 133 cm³/mol. The van der Waals surface area contributed by atoms with Crippen LogP contribution in [-0.2, 0) is 4.74 Å². The van der Waals surface area contributed by atoms with Gasteiger partial charge in [-0.05, 0) is 65.0 Å². The summed E-state index contributed by atoms with van der Waals surface area (Å²) in [4.78, 5) is 34.9. The van der Waals surface area contributed by atoms with Gasteiger partial charge in [-0.2, -0.15) is 0 Å². The number of anilines is 1. The third kappa shape index (κ3) is 6.69. The van der Waals surface area contributed by atoms with Gasteiger partial charge in [-0.25, -0.2) is 19.2 Å². The van der Waals surface area contributed by atoms with E-state index in [0.717, 1.165) is 31.9 Å². The van der Waals surface area contributed by atoms with Gasteiger partial charge in [0, 0.05) is 36.3 Å². The third-order valence-electron chi connectivity index (χ3n) is 6.36. The number of hydrogen-bond acceptors (Lipinski definition) is 7. The second-order valence-electron chi connectivity index (χ2n) is 10.5. The van der Waals surface area contributed by atoms with Crippen LogP contribution in [0.2, 0.25) is 0 Å². The molecule has 1 aliphatic carbocycles. The lowest BCUT2D eigenvalue weighted by molar-refractivity contribution is 0.0491. The molecule has 194 valence electrons. The van der Waals surface area contributed by atoms with Crippen molar-refractivity contribution in [3.05, 3.63) is 41.8 Å². The van der Waals surface area contributed by atoms with E-state index < -0.39 is 23.6 Å². The van der Waals surface area contributed by atoms with Gasteiger partial charge in [-0.15, -0.1) is 0 Å². The molecule has 2 heterocycles. The molecule has 2 aliphatic rings. The van der Waals surface area contributed by atoms with Gasteiger partial charge >= 0.3 is 6.09 Å². The highest BCUT2D eigenvalue weighted by Gasteiger charge is 2.27. The van der Waals surface area contributed by atoms with Gasteiger partial charge in [-0.1, -0.05) is 12.1 Å². The first kappa shape index (κ1) is 25.8. The largest absolute Gasteiger partial charge is 0.444 e. The van der Waals surface area contributed by atoms with Crippen molar-refractivity contribution < 1.29 is 23.8 Å². The summed E-state index contributed by atoms with van der Waals surface area (Å²) < 4.78 is 20.0. The fourth-order valence-electron chi connectivity index (χ4n) is 4.59. The fourth-order valence-corrected chi connectivity index (χ4v) is 4.59. The number of ether oxygens (including phenoxy) is 1. The van der Waals surface area contributed by atoms with E-state index in [-0.39, 0.29) is 23.7 Å². The standard InChI is InChI=1S/C26H34FN5O4/c1-26(2,3)36-25(35)30-19-9-7-18(8-10-19)29-24-28-14-21(27)22(31-24)16-5-4-6-17(13-16)23(34)32-12-11-20(33)15-32/h4-6,13-14,18-20,33H,7-12,15H2,1-3H3,(H,30,35)(H,28,29,31)/t18?,19?,20-/m0/s1. The molecule has 0 radical (unpaired) electrons. The van der Waals surface area contributed by atoms with Gasteiger partial charge in [0.1, 0.15) is 11.3 Å². The average Bonchev–Trinajstić information content (AvgIpc) is 3.26. The predicted octanol–water partition coefficient (Wildman–Crippen LogP) is 3.74. The van der Waals surface area contributed by atoms with Crippen molar-refractivity contribution in [3.8, 4) is 11.3 Å². The number of nitrogens with zero attached hydrogens (tertiary/aromatic N) is 3. The summed E-state index contributed by atoms with van der Waals surface area (Å²) in [5, 5.41) is 15.9. The Kier molecular flexibility index (Phi) is 7.73. The molecule has 0 unspecified atom stereocenters. The van der Waals surface area contributed by atoms with Crippen LogP contribution in [0.5, 0.6) is 0 Å². The maximum atomic E-state index is 14.7. The van der Waals surface area contributed by atoms with Gasteiger partial charge in [0.15, 0.2) is 5.82 Å². The summed E-state index contributed by atoms with van der Waals surface area (Å²) in [5.41, 5.74) is 0.479. The van der Waals surface area contributed by atoms with E-state index in [1.807, 2.05) is 20.8 Å². The quantitative estimate of drug-likeness (QED) is 0.574. The number of aromatic nitrogens is 2. The van der Waals surface area contributed by atoms with Gasteiger partial charge in [0.25, 0.3) is 5.91 Å². The first-order valence-electron chi connectivity index (χ1n) is 12.4. The second kappa shape index (κ2) is 10.8. The molecule has 10 heteroatoms. The number of β-amino-alcohol motifs (C(OH)–C–C–N with tert-alkyl or cyclic N) is 1. The van der Waals surface area contributed by atoms with E-state index in [0.29, 0.717) is 36.6 Å². The van der Waals surface area contributed by atoms with Gasteiger partial charge < -0.3 is 25.4 Å². The van der Waals surface area contributed by atoms with E-state index in [2.05, 4.69) is 20.6 Å². The van der Waals surface area contributed by atoms with Crippen LogP contribution in [0, 0.1) is 5.82 Å². The summed E-state index contributed by atoms with van der Waals surface area (Å²) in [6, 6.07) is 6.84. The minimum Gasteiger partial charge on any atom is -0.444 e. The molecule has 0 bridgehead atoms. The highest BCUT2D eigenvalue weighted by atomic mass is 19.1. The molecule has 1 aromatic carbocycles. The first-order valence-corrected chi connectivity index (χ1v) is 12.4. The van der Waals surface area contributed by atoms with Gasteiger partial charge in [0.05, 0.1) is 12.3 Å². The van der Waals surface area contributed by atoms with E-state index in [9.17, 15) is 19.1 Å². The zero-order valence-electron chi connectivity index (χ0n) is 21.0. The number of likely N-dealkylation sites (tertiary alicyclic amines) is 1. The molecule has 1 saturated carbocycles. The summed E-state index contributed by atoms with van der Waals surface area (Å²) in [6.45, 7) is 6.29. The van der Waals surface area contributed by atoms with Crippen LogP contribution in [0.25, 0.3) is 11.3 Å². The number of benzene rings is 1. The number of alkyl carbamates (subject to hydrolysis) is 1. The lowest BCUT2D eigenvalue weighted by Crippen LogP contribution is -2.42. The Balaban J connectivity index is 1.38. The number of amides is 2. The van der Waals surface area contributed by atoms with E-state index in [1.165, 1.54) is 0 Å². The molecular formula is C26H34FN5O4. The Morgan fingerprint density at radius 3 is 2.53 bits per heavy atom. The highest BCUT2D eigenvalue weighted by Crippen LogP contribution is 2.26. The first-order chi connectivity index (χ1) is 17.1. The summed E-state index contributed by atoms with van der Waals surface area (Å²) in [6.07, 6.45) is 3.91. The lowest BCUT2D eigenvalue weighted by Gasteiger charge is -2.30. The molecule has 0 spiro atoms. The molecule has 3 N–H and O–H groups in total. The topological polar surface area (TPSA) is 117 Å². The smallest absolute Gasteiger partial charge is 0.407 e. The summed E-state index contributed by atoms with van der Waals surface area (Å²) >= 11 is 0. The highest BCUT2D eigenvalue weighted by molar-refractivity contribution is 5.95. The Morgan fingerprint density at radius 1 is 1.14 bits per heavy atom. The van der Waals surface area contributed by atoms with Crippen LogP contribution in [0.1, 0.15) is 63.2 Å². The van der Waals surface area contributed by atoms with Crippen LogP contribution in [0.15, 0.2) is 30.5 Å². The Labute approximate surface area is 210 Å². The molecular weight excluding hydrogens is 465 g/mol. The number of nitrogens with one attached hydrogen (secondary N) is 2. The molecule has 1 atom stereocenters. The molecule has 2 amide bonds. The minimum atomic E-state index is -0.577. The van der Waals surface area contributed by atoms with Crippen LogP contribution >= 0.6 is 0 Å². The molecule has 1 aromatic heterocycles. The molecule has 2 aromatic rings. The maximum Gasteiger partial charge on any atom is 0.407 e. The normalized spacial score (nSPS) is 22.2. The number of hydrogen-bond donors (Lipinski definition) is 3. The second-order valence-corrected chi connectivity index (χ2v) is 10.5. The van der Waals surface area contributed by atoms with Crippen molar-refractivity contribution in [2.75, 3.05) is 18.4 Å². The van der Waals surface area contributed by atoms with Crippen molar-refractivity contribution >= 4 is 17.9 Å². The molecule has 9 nitrogen and oxygen atoms in total. The Bertz CT molecular complexity index is 1100. The lowest BCUT2D eigenvalue weighted by atomic mass is 9.91. The van der Waals surface area contributed by atoms with Crippen LogP contribution in [0.3, 0.4) is 0 Å². The van der Waals surface area contributed by atoms with Gasteiger partial charge in [-0.3, -0.25) is 4.79 Å². The average molecular weight is 500 g/mol. The Hall–Kier alpha value is -3.27. The molecule has 36 heavy (non-hydrogen) atoms. The summed E-state index contributed by atoms with van der Waals surface area (Å²) in [5.74, 6) is -0.459. The number of halogens is 1. The molecule has 2 fully saturated rings. The monoisotopic (exact) mass is 499 g/mol. The fraction of sp³-hybridized carbons (Fsp3) is 0.538.